The first-order valence-electron chi connectivity index (χ1n) is 4.88. The molecule has 14 heavy (non-hydrogen) atoms. The summed E-state index contributed by atoms with van der Waals surface area (Å²) in [6, 6.07) is 4.13. The minimum Gasteiger partial charge on any atom is -0.506 e. The van der Waals surface area contributed by atoms with E-state index in [0.717, 1.165) is 35.3 Å². The smallest absolute Gasteiger partial charge is 0.132 e. The number of rotatable bonds is 1. The maximum Gasteiger partial charge on any atom is 0.132 e. The minimum atomic E-state index is 0.112. The third-order valence-corrected chi connectivity index (χ3v) is 3.61. The second-order valence-electron chi connectivity index (χ2n) is 3.68. The number of nitrogens with two attached hydrogens (primary N) is 1. The Hall–Kier alpha value is -0.670. The summed E-state index contributed by atoms with van der Waals surface area (Å²) in [4.78, 5) is 0.956. The predicted molar refractivity (Wildman–Crippen MR) is 59.8 cm³/mol. The number of aromatic hydroxyl groups is 1. The molecule has 0 spiro atoms. The van der Waals surface area contributed by atoms with Crippen molar-refractivity contribution in [3.05, 3.63) is 23.3 Å². The standard InChI is InChI=1S/C11H15NOS/c1-14-10-6-5-7-8(11(10)13)3-2-4-9(7)12/h5-6,9,13H,2-4,12H2,1H3/t9-/m0/s1. The number of benzene rings is 1. The van der Waals surface area contributed by atoms with E-state index in [1.165, 1.54) is 0 Å². The van der Waals surface area contributed by atoms with Gasteiger partial charge in [-0.25, -0.2) is 0 Å². The molecule has 1 aliphatic carbocycles. The molecule has 2 rings (SSSR count). The first-order chi connectivity index (χ1) is 6.74. The van der Waals surface area contributed by atoms with E-state index in [2.05, 4.69) is 6.07 Å². The Morgan fingerprint density at radius 2 is 2.29 bits per heavy atom. The van der Waals surface area contributed by atoms with Gasteiger partial charge in [0.05, 0.1) is 0 Å². The van der Waals surface area contributed by atoms with E-state index >= 15 is 0 Å². The van der Waals surface area contributed by atoms with Crippen LogP contribution in [0.4, 0.5) is 0 Å². The summed E-state index contributed by atoms with van der Waals surface area (Å²) in [5, 5.41) is 9.98. The van der Waals surface area contributed by atoms with Gasteiger partial charge >= 0.3 is 0 Å². The van der Waals surface area contributed by atoms with Gasteiger partial charge in [-0.05, 0) is 42.7 Å². The van der Waals surface area contributed by atoms with E-state index in [9.17, 15) is 5.11 Å². The topological polar surface area (TPSA) is 46.2 Å². The molecule has 2 nitrogen and oxygen atoms in total. The Labute approximate surface area is 88.5 Å². The van der Waals surface area contributed by atoms with E-state index in [0.29, 0.717) is 5.75 Å². The molecule has 1 atom stereocenters. The maximum atomic E-state index is 9.98. The van der Waals surface area contributed by atoms with Gasteiger partial charge in [0, 0.05) is 10.9 Å². The van der Waals surface area contributed by atoms with Crippen LogP contribution >= 0.6 is 11.8 Å². The van der Waals surface area contributed by atoms with Gasteiger partial charge in [-0.3, -0.25) is 0 Å². The molecule has 3 N–H and O–H groups in total. The van der Waals surface area contributed by atoms with Gasteiger partial charge in [-0.1, -0.05) is 6.07 Å². The largest absolute Gasteiger partial charge is 0.506 e. The van der Waals surface area contributed by atoms with Crippen LogP contribution in [-0.2, 0) is 6.42 Å². The van der Waals surface area contributed by atoms with Crippen LogP contribution in [-0.4, -0.2) is 11.4 Å². The SMILES string of the molecule is CSc1ccc2c(c1O)CCC[C@@H]2N. The highest BCUT2D eigenvalue weighted by Crippen LogP contribution is 2.38. The summed E-state index contributed by atoms with van der Waals surface area (Å²) in [6.45, 7) is 0. The van der Waals surface area contributed by atoms with Crippen molar-refractivity contribution in [1.82, 2.24) is 0 Å². The summed E-state index contributed by atoms with van der Waals surface area (Å²) in [5.41, 5.74) is 8.19. The van der Waals surface area contributed by atoms with Crippen LogP contribution in [0.3, 0.4) is 0 Å². The lowest BCUT2D eigenvalue weighted by Crippen LogP contribution is -2.17. The van der Waals surface area contributed by atoms with Gasteiger partial charge in [-0.2, -0.15) is 0 Å². The van der Waals surface area contributed by atoms with Gasteiger partial charge < -0.3 is 10.8 Å². The molecule has 76 valence electrons. The average molecular weight is 209 g/mol. The molecular formula is C11H15NOS. The summed E-state index contributed by atoms with van der Waals surface area (Å²) in [6.07, 6.45) is 5.05. The van der Waals surface area contributed by atoms with Crippen molar-refractivity contribution in [1.29, 1.82) is 0 Å². The number of thioether (sulfide) groups is 1. The van der Waals surface area contributed by atoms with Crippen LogP contribution in [0.1, 0.15) is 30.0 Å². The van der Waals surface area contributed by atoms with Crippen molar-refractivity contribution in [2.45, 2.75) is 30.2 Å². The fourth-order valence-electron chi connectivity index (χ4n) is 2.06. The van der Waals surface area contributed by atoms with Crippen molar-refractivity contribution in [2.75, 3.05) is 6.26 Å². The van der Waals surface area contributed by atoms with Gasteiger partial charge in [0.25, 0.3) is 0 Å². The zero-order chi connectivity index (χ0) is 10.1. The molecule has 0 saturated heterocycles. The molecule has 0 saturated carbocycles. The molecule has 1 aromatic rings. The van der Waals surface area contributed by atoms with E-state index in [1.807, 2.05) is 12.3 Å². The molecular weight excluding hydrogens is 194 g/mol. The third-order valence-electron chi connectivity index (χ3n) is 2.84. The van der Waals surface area contributed by atoms with Crippen LogP contribution in [0.5, 0.6) is 5.75 Å². The fraction of sp³-hybridized carbons (Fsp3) is 0.455. The molecule has 0 heterocycles. The normalized spacial score (nSPS) is 20.6. The summed E-state index contributed by atoms with van der Waals surface area (Å²) in [7, 11) is 0. The first-order valence-corrected chi connectivity index (χ1v) is 6.11. The van der Waals surface area contributed by atoms with Gasteiger partial charge in [-0.15, -0.1) is 11.8 Å². The summed E-state index contributed by atoms with van der Waals surface area (Å²) >= 11 is 1.58. The van der Waals surface area contributed by atoms with E-state index in [1.54, 1.807) is 11.8 Å². The zero-order valence-electron chi connectivity index (χ0n) is 8.29. The average Bonchev–Trinajstić information content (AvgIpc) is 2.20. The van der Waals surface area contributed by atoms with E-state index in [-0.39, 0.29) is 6.04 Å². The Kier molecular flexibility index (Phi) is 2.70. The molecule has 3 heteroatoms. The van der Waals surface area contributed by atoms with E-state index < -0.39 is 0 Å². The molecule has 0 bridgehead atoms. The number of fused-ring (bicyclic) bond motifs is 1. The third kappa shape index (κ3) is 1.51. The maximum absolute atomic E-state index is 9.98. The van der Waals surface area contributed by atoms with Crippen molar-refractivity contribution in [3.8, 4) is 5.75 Å². The van der Waals surface area contributed by atoms with Crippen molar-refractivity contribution in [3.63, 3.8) is 0 Å². The van der Waals surface area contributed by atoms with E-state index in [4.69, 9.17) is 5.73 Å². The second kappa shape index (κ2) is 3.83. The highest BCUT2D eigenvalue weighted by molar-refractivity contribution is 7.98. The number of phenols is 1. The summed E-state index contributed by atoms with van der Waals surface area (Å²) < 4.78 is 0. The lowest BCUT2D eigenvalue weighted by molar-refractivity contribution is 0.443. The molecule has 1 aliphatic rings. The zero-order valence-corrected chi connectivity index (χ0v) is 9.10. The van der Waals surface area contributed by atoms with Crippen LogP contribution in [0, 0.1) is 0 Å². The summed E-state index contributed by atoms with van der Waals surface area (Å²) in [5.74, 6) is 0.449. The first kappa shape index (κ1) is 9.87. The predicted octanol–water partition coefficient (Wildman–Crippen LogP) is 2.45. The molecule has 0 aliphatic heterocycles. The minimum absolute atomic E-state index is 0.112. The van der Waals surface area contributed by atoms with Crippen LogP contribution in [0.25, 0.3) is 0 Å². The second-order valence-corrected chi connectivity index (χ2v) is 4.53. The van der Waals surface area contributed by atoms with Crippen molar-refractivity contribution >= 4 is 11.8 Å². The van der Waals surface area contributed by atoms with Crippen LogP contribution < -0.4 is 5.73 Å². The fourth-order valence-corrected chi connectivity index (χ4v) is 2.58. The lowest BCUT2D eigenvalue weighted by Gasteiger charge is -2.23. The molecule has 0 fully saturated rings. The van der Waals surface area contributed by atoms with Crippen LogP contribution in [0.2, 0.25) is 0 Å². The van der Waals surface area contributed by atoms with Crippen molar-refractivity contribution in [2.24, 2.45) is 5.73 Å². The molecule has 0 radical (unpaired) electrons. The Morgan fingerprint density at radius 3 is 3.00 bits per heavy atom. The molecule has 0 unspecified atom stereocenters. The highest BCUT2D eigenvalue weighted by atomic mass is 32.2. The Bertz CT molecular complexity index is 351. The molecule has 0 aromatic heterocycles. The van der Waals surface area contributed by atoms with Crippen LogP contribution in [0.15, 0.2) is 17.0 Å². The molecule has 0 amide bonds. The molecule has 1 aromatic carbocycles. The highest BCUT2D eigenvalue weighted by Gasteiger charge is 2.20. The van der Waals surface area contributed by atoms with Gasteiger partial charge in [0.15, 0.2) is 0 Å². The number of phenolic OH excluding ortho intramolecular Hbond substituents is 1. The van der Waals surface area contributed by atoms with Crippen molar-refractivity contribution < 1.29 is 5.11 Å². The monoisotopic (exact) mass is 209 g/mol. The number of hydrogen-bond donors (Lipinski definition) is 2. The van der Waals surface area contributed by atoms with Gasteiger partial charge in [0.2, 0.25) is 0 Å². The Balaban J connectivity index is 2.52. The van der Waals surface area contributed by atoms with Gasteiger partial charge in [0.1, 0.15) is 5.75 Å². The lowest BCUT2D eigenvalue weighted by atomic mass is 9.88. The Morgan fingerprint density at radius 1 is 1.50 bits per heavy atom. The number of hydrogen-bond acceptors (Lipinski definition) is 3. The quantitative estimate of drug-likeness (QED) is 0.698.